The van der Waals surface area contributed by atoms with Gasteiger partial charge in [-0.1, -0.05) is 145 Å². The number of esters is 4. The topological polar surface area (TPSA) is 170 Å². The lowest BCUT2D eigenvalue weighted by Gasteiger charge is -2.71. The predicted octanol–water partition coefficient (Wildman–Crippen LogP) is 13.6. The number of rotatable bonds is 15. The fourth-order valence-electron chi connectivity index (χ4n) is 17.9. The molecule has 4 aromatic rings. The summed E-state index contributed by atoms with van der Waals surface area (Å²) in [6.45, 7) is 23.1. The zero-order valence-electron chi connectivity index (χ0n) is 52.9. The van der Waals surface area contributed by atoms with E-state index in [4.69, 9.17) is 52.1 Å². The molecule has 1 unspecified atom stereocenters. The third-order valence-electron chi connectivity index (χ3n) is 22.8. The van der Waals surface area contributed by atoms with Gasteiger partial charge in [0.25, 0.3) is 5.97 Å². The summed E-state index contributed by atoms with van der Waals surface area (Å²) in [5.41, 5.74) is 2.21. The highest BCUT2D eigenvalue weighted by Crippen LogP contribution is 2.76. The fraction of sp³-hybridized carbons (Fsp3) is 0.589. The number of carbonyl (C=O) groups excluding carboxylic acids is 4. The number of hydrogen-bond donors (Lipinski definition) is 0. The van der Waals surface area contributed by atoms with E-state index in [2.05, 4.69) is 54.5 Å². The second-order valence-electron chi connectivity index (χ2n) is 28.7. The number of benzene rings is 4. The molecule has 0 bridgehead atoms. The second kappa shape index (κ2) is 24.1. The monoisotopic (exact) mass is 1210 g/mol. The van der Waals surface area contributed by atoms with Crippen molar-refractivity contribution in [1.82, 2.24) is 0 Å². The summed E-state index contributed by atoms with van der Waals surface area (Å²) in [5.74, 6) is -2.94. The van der Waals surface area contributed by atoms with Crippen LogP contribution in [0.3, 0.4) is 0 Å². The molecule has 472 valence electrons. The lowest BCUT2D eigenvalue weighted by molar-refractivity contribution is -0.362. The highest BCUT2D eigenvalue weighted by Gasteiger charge is 2.70. The van der Waals surface area contributed by atoms with Crippen molar-refractivity contribution >= 4 is 23.9 Å². The number of fused-ring (bicyclic) bond motifs is 8. The summed E-state index contributed by atoms with van der Waals surface area (Å²) < 4.78 is 72.9. The predicted molar refractivity (Wildman–Crippen MR) is 326 cm³/mol. The van der Waals surface area contributed by atoms with E-state index < -0.39 is 84.6 Å². The van der Waals surface area contributed by atoms with Crippen molar-refractivity contribution in [3.8, 4) is 0 Å². The van der Waals surface area contributed by atoms with Crippen LogP contribution in [0.25, 0.3) is 0 Å². The van der Waals surface area contributed by atoms with Gasteiger partial charge in [-0.15, -0.1) is 0 Å². The summed E-state index contributed by atoms with van der Waals surface area (Å²) in [5, 5.41) is 0. The van der Waals surface area contributed by atoms with Crippen LogP contribution >= 0.6 is 0 Å². The molecular weight excluding hydrogens is 1120 g/mol. The Morgan fingerprint density at radius 1 is 0.591 bits per heavy atom. The average Bonchev–Trinajstić information content (AvgIpc) is 0.773. The fourth-order valence-corrected chi connectivity index (χ4v) is 17.9. The maximum atomic E-state index is 14.7. The van der Waals surface area contributed by atoms with Gasteiger partial charge in [0.2, 0.25) is 0 Å². The number of allylic oxidation sites excluding steroid dienone is 2. The first-order chi connectivity index (χ1) is 42.0. The van der Waals surface area contributed by atoms with Gasteiger partial charge in [0.15, 0.2) is 30.9 Å². The molecule has 0 N–H and O–H groups in total. The first kappa shape index (κ1) is 62.4. The number of hydrogen-bond acceptors (Lipinski definition) is 15. The van der Waals surface area contributed by atoms with Crippen LogP contribution in [0.5, 0.6) is 0 Å². The van der Waals surface area contributed by atoms with Crippen molar-refractivity contribution in [3.05, 3.63) is 155 Å². The highest BCUT2D eigenvalue weighted by molar-refractivity contribution is 5.91. The summed E-state index contributed by atoms with van der Waals surface area (Å²) in [6.07, 6.45) is 1.01. The Kier molecular flexibility index (Phi) is 17.1. The van der Waals surface area contributed by atoms with Gasteiger partial charge in [-0.3, -0.25) is 4.79 Å². The minimum Gasteiger partial charge on any atom is -0.460 e. The Bertz CT molecular complexity index is 3190. The molecule has 5 aliphatic carbocycles. The van der Waals surface area contributed by atoms with Crippen molar-refractivity contribution in [3.63, 3.8) is 0 Å². The Hall–Kier alpha value is -5.78. The molecule has 12 rings (SSSR count). The van der Waals surface area contributed by atoms with Gasteiger partial charge in [-0.05, 0) is 165 Å². The van der Waals surface area contributed by atoms with Crippen LogP contribution in [0.15, 0.2) is 133 Å². The van der Waals surface area contributed by atoms with Gasteiger partial charge >= 0.3 is 23.9 Å². The summed E-state index contributed by atoms with van der Waals surface area (Å²) in [6, 6.07) is 35.4. The van der Waals surface area contributed by atoms with Crippen molar-refractivity contribution in [2.75, 3.05) is 13.2 Å². The molecule has 8 aliphatic rings. The minimum absolute atomic E-state index is 0.0228. The van der Waals surface area contributed by atoms with Crippen molar-refractivity contribution in [2.45, 2.75) is 207 Å². The SMILES string of the molecule is CCOC1(C)O[C@@H]2[C@@H](O[C@@H]3O[C@@H](C)[C@H](OC(=O)c4ccccc4)[C@@H](OC(=O)c4ccccc4)[C@H]3OC(=O)c3ccccc3)[C@H](O[C@H]3CC[C@]4(C)[C@H]5CC=C6[C@@H]7CC(C)(C)CC[C@]7(C(=O)OCc7ccccc7)CC[C@@]6(C)[C@]5(C)CC[C@H]4C3(C)C)OC[C@@H]2O1. The van der Waals surface area contributed by atoms with Crippen LogP contribution in [-0.4, -0.2) is 104 Å². The molecule has 7 fully saturated rings. The third-order valence-corrected chi connectivity index (χ3v) is 22.8. The minimum atomic E-state index is -1.54. The van der Waals surface area contributed by atoms with Crippen LogP contribution in [0, 0.1) is 50.2 Å². The van der Waals surface area contributed by atoms with E-state index in [0.29, 0.717) is 5.92 Å². The van der Waals surface area contributed by atoms with Gasteiger partial charge in [-0.2, -0.15) is 0 Å². The molecule has 0 amide bonds. The quantitative estimate of drug-likeness (QED) is 0.0476. The molecule has 88 heavy (non-hydrogen) atoms. The maximum Gasteiger partial charge on any atom is 0.338 e. The van der Waals surface area contributed by atoms with Crippen molar-refractivity contribution in [2.24, 2.45) is 50.2 Å². The van der Waals surface area contributed by atoms with E-state index in [9.17, 15) is 19.2 Å². The van der Waals surface area contributed by atoms with E-state index in [1.54, 1.807) is 105 Å². The van der Waals surface area contributed by atoms with E-state index >= 15 is 0 Å². The smallest absolute Gasteiger partial charge is 0.338 e. The molecule has 3 saturated heterocycles. The van der Waals surface area contributed by atoms with Crippen LogP contribution in [0.4, 0.5) is 0 Å². The number of ether oxygens (including phenoxy) is 11. The molecule has 18 atom stereocenters. The first-order valence-corrected chi connectivity index (χ1v) is 32.3. The summed E-state index contributed by atoms with van der Waals surface area (Å²) in [4.78, 5) is 57.5. The Morgan fingerprint density at radius 3 is 1.78 bits per heavy atom. The molecule has 0 radical (unpaired) electrons. The molecule has 3 heterocycles. The Balaban J connectivity index is 0.842. The third kappa shape index (κ3) is 11.3. The molecule has 4 saturated carbocycles. The standard InChI is InChI=1S/C73H90O15/c1-11-80-72(10)87-52-44-78-64(59(57(52)88-72)86-65-60(85-63(76)49-30-22-15-23-31-49)58(84-62(75)48-28-20-14-21-29-48)56(45(2)81-65)83-61(74)47-26-18-13-19-27-47)82-55-35-36-69(7)53(68(55,5)6)34-37-71(9)54(69)33-32-50-51-42-67(3,4)38-40-73(51,41-39-70(50,71)8)66(77)79-43-46-24-16-12-17-25-46/h12-32,45,51-60,64-65H,11,33-44H2,1-10H3/t45-,51-,52-,53-,54+,55-,56-,57-,58+,59+,60+,64-,65-,69-,70+,71+,72?,73-/m0/s1. The Morgan fingerprint density at radius 2 is 1.17 bits per heavy atom. The van der Waals surface area contributed by atoms with Crippen LogP contribution in [-0.2, 0) is 63.5 Å². The number of carbonyl (C=O) groups is 4. The lowest BCUT2D eigenvalue weighted by Crippen LogP contribution is -2.66. The lowest BCUT2D eigenvalue weighted by atomic mass is 9.33. The van der Waals surface area contributed by atoms with Crippen molar-refractivity contribution in [1.29, 1.82) is 0 Å². The van der Waals surface area contributed by atoms with Gasteiger partial charge < -0.3 is 52.1 Å². The zero-order valence-corrected chi connectivity index (χ0v) is 52.9. The second-order valence-corrected chi connectivity index (χ2v) is 28.7. The molecule has 0 aromatic heterocycles. The molecule has 15 heteroatoms. The van der Waals surface area contributed by atoms with Gasteiger partial charge in [0.05, 0.1) is 40.9 Å². The van der Waals surface area contributed by atoms with Gasteiger partial charge in [0, 0.05) is 13.5 Å². The van der Waals surface area contributed by atoms with Gasteiger partial charge in [-0.25, -0.2) is 14.4 Å². The molecular formula is C73H90O15. The zero-order chi connectivity index (χ0) is 62.0. The molecule has 3 aliphatic heterocycles. The van der Waals surface area contributed by atoms with Crippen molar-refractivity contribution < 1.29 is 71.3 Å². The summed E-state index contributed by atoms with van der Waals surface area (Å²) >= 11 is 0. The average molecular weight is 1210 g/mol. The highest BCUT2D eigenvalue weighted by atomic mass is 16.9. The Labute approximate surface area is 519 Å². The molecule has 0 spiro atoms. The van der Waals surface area contributed by atoms with E-state index in [1.165, 1.54) is 5.57 Å². The van der Waals surface area contributed by atoms with Gasteiger partial charge in [0.1, 0.15) is 24.9 Å². The van der Waals surface area contributed by atoms with Crippen LogP contribution in [0.1, 0.15) is 170 Å². The van der Waals surface area contributed by atoms with E-state index in [0.717, 1.165) is 69.8 Å². The first-order valence-electron chi connectivity index (χ1n) is 32.3. The van der Waals surface area contributed by atoms with E-state index in [1.807, 2.05) is 37.3 Å². The largest absolute Gasteiger partial charge is 0.460 e. The molecule has 15 nitrogen and oxygen atoms in total. The van der Waals surface area contributed by atoms with Crippen LogP contribution < -0.4 is 0 Å². The van der Waals surface area contributed by atoms with E-state index in [-0.39, 0.29) is 87.5 Å². The molecule has 4 aromatic carbocycles. The summed E-state index contributed by atoms with van der Waals surface area (Å²) in [7, 11) is 0. The maximum absolute atomic E-state index is 14.7. The normalized spacial score (nSPS) is 38.7. The van der Waals surface area contributed by atoms with Crippen LogP contribution in [0.2, 0.25) is 0 Å².